The highest BCUT2D eigenvalue weighted by atomic mass is 16.2. The quantitative estimate of drug-likeness (QED) is 0.822. The van der Waals surface area contributed by atoms with Gasteiger partial charge in [0.2, 0.25) is 5.91 Å². The molecule has 0 bridgehead atoms. The fourth-order valence-corrected chi connectivity index (χ4v) is 4.45. The lowest BCUT2D eigenvalue weighted by molar-refractivity contribution is -0.134. The lowest BCUT2D eigenvalue weighted by Gasteiger charge is -2.35. The molecule has 1 amide bonds. The molecule has 1 aliphatic carbocycles. The number of hydrogen-bond donors (Lipinski definition) is 0. The average Bonchev–Trinajstić information content (AvgIpc) is 3.27. The second-order valence-electron chi connectivity index (χ2n) is 8.08. The van der Waals surface area contributed by atoms with E-state index in [1.807, 2.05) is 0 Å². The number of likely N-dealkylation sites (tertiary alicyclic amines) is 1. The highest BCUT2D eigenvalue weighted by Crippen LogP contribution is 2.48. The minimum absolute atomic E-state index is 0.234. The van der Waals surface area contributed by atoms with Gasteiger partial charge in [0.05, 0.1) is 0 Å². The summed E-state index contributed by atoms with van der Waals surface area (Å²) in [6, 6.07) is 8.67. The van der Waals surface area contributed by atoms with Crippen LogP contribution in [0.15, 0.2) is 24.3 Å². The number of piperazine rings is 1. The van der Waals surface area contributed by atoms with Gasteiger partial charge in [0.25, 0.3) is 0 Å². The van der Waals surface area contributed by atoms with Gasteiger partial charge in [0.15, 0.2) is 0 Å². The molecular formula is C21H31N3O. The number of amides is 1. The van der Waals surface area contributed by atoms with Crippen molar-refractivity contribution in [2.45, 2.75) is 32.1 Å². The van der Waals surface area contributed by atoms with Crippen LogP contribution in [0.1, 0.15) is 36.3 Å². The second-order valence-corrected chi connectivity index (χ2v) is 8.08. The van der Waals surface area contributed by atoms with Gasteiger partial charge in [0, 0.05) is 45.2 Å². The average molecular weight is 341 g/mol. The van der Waals surface area contributed by atoms with Crippen LogP contribution in [0.4, 0.5) is 0 Å². The molecule has 25 heavy (non-hydrogen) atoms. The Morgan fingerprint density at radius 1 is 1.00 bits per heavy atom. The Balaban J connectivity index is 1.22. The van der Waals surface area contributed by atoms with Crippen molar-refractivity contribution in [1.82, 2.24) is 14.7 Å². The smallest absolute Gasteiger partial charge is 0.226 e. The molecule has 0 N–H and O–H groups in total. The molecule has 4 rings (SSSR count). The van der Waals surface area contributed by atoms with E-state index in [4.69, 9.17) is 0 Å². The Morgan fingerprint density at radius 2 is 1.68 bits per heavy atom. The molecule has 1 saturated carbocycles. The predicted octanol–water partition coefficient (Wildman–Crippen LogP) is 2.34. The molecule has 2 aliphatic heterocycles. The molecule has 1 aromatic carbocycles. The fourth-order valence-electron chi connectivity index (χ4n) is 4.45. The maximum atomic E-state index is 12.8. The lowest BCUT2D eigenvalue weighted by Crippen LogP contribution is -2.50. The Morgan fingerprint density at radius 3 is 2.36 bits per heavy atom. The number of carbonyl (C=O) groups is 1. The summed E-state index contributed by atoms with van der Waals surface area (Å²) >= 11 is 0. The molecule has 4 heteroatoms. The number of carbonyl (C=O) groups excluding carboxylic acids is 1. The topological polar surface area (TPSA) is 26.8 Å². The summed E-state index contributed by atoms with van der Waals surface area (Å²) in [5.74, 6) is 1.09. The van der Waals surface area contributed by atoms with E-state index in [1.165, 1.54) is 43.6 Å². The Hall–Kier alpha value is -1.39. The SMILES string of the molecule is Cc1cccc([C@@H]2C[C@@H]2C(=O)N2CCN(CCN3CCCC3)CC2)c1. The number of benzene rings is 1. The maximum Gasteiger partial charge on any atom is 0.226 e. The summed E-state index contributed by atoms with van der Waals surface area (Å²) < 4.78 is 0. The van der Waals surface area contributed by atoms with Gasteiger partial charge < -0.3 is 9.80 Å². The summed E-state index contributed by atoms with van der Waals surface area (Å²) in [5.41, 5.74) is 2.64. The molecule has 4 nitrogen and oxygen atoms in total. The second kappa shape index (κ2) is 7.46. The van der Waals surface area contributed by atoms with E-state index in [0.717, 1.165) is 39.1 Å². The molecule has 0 aromatic heterocycles. The Bertz CT molecular complexity index is 603. The molecule has 3 fully saturated rings. The normalized spacial score (nSPS) is 27.6. The fraction of sp³-hybridized carbons (Fsp3) is 0.667. The van der Waals surface area contributed by atoms with Gasteiger partial charge in [0.1, 0.15) is 0 Å². The van der Waals surface area contributed by atoms with Crippen LogP contribution in [0, 0.1) is 12.8 Å². The third-order valence-corrected chi connectivity index (χ3v) is 6.19. The summed E-state index contributed by atoms with van der Waals surface area (Å²) in [6.45, 7) is 11.0. The van der Waals surface area contributed by atoms with Gasteiger partial charge in [-0.3, -0.25) is 9.69 Å². The van der Waals surface area contributed by atoms with Crippen molar-refractivity contribution in [2.24, 2.45) is 5.92 Å². The first kappa shape index (κ1) is 17.0. The van der Waals surface area contributed by atoms with Crippen molar-refractivity contribution in [1.29, 1.82) is 0 Å². The molecule has 0 spiro atoms. The number of hydrogen-bond acceptors (Lipinski definition) is 3. The third kappa shape index (κ3) is 4.06. The zero-order chi connectivity index (χ0) is 17.2. The number of nitrogens with zero attached hydrogens (tertiary/aromatic N) is 3. The first-order chi connectivity index (χ1) is 12.2. The Kier molecular flexibility index (Phi) is 5.09. The van der Waals surface area contributed by atoms with E-state index in [1.54, 1.807) is 0 Å². The van der Waals surface area contributed by atoms with Crippen LogP contribution >= 0.6 is 0 Å². The summed E-state index contributed by atoms with van der Waals surface area (Å²) in [7, 11) is 0. The zero-order valence-corrected chi connectivity index (χ0v) is 15.5. The van der Waals surface area contributed by atoms with Crippen molar-refractivity contribution in [2.75, 3.05) is 52.4 Å². The number of rotatable bonds is 5. The minimum atomic E-state index is 0.234. The van der Waals surface area contributed by atoms with Crippen LogP contribution in [0.3, 0.4) is 0 Å². The highest BCUT2D eigenvalue weighted by molar-refractivity contribution is 5.83. The van der Waals surface area contributed by atoms with Crippen molar-refractivity contribution < 1.29 is 4.79 Å². The van der Waals surface area contributed by atoms with E-state index in [0.29, 0.717) is 11.8 Å². The molecule has 1 aromatic rings. The van der Waals surface area contributed by atoms with Crippen LogP contribution in [-0.2, 0) is 4.79 Å². The van der Waals surface area contributed by atoms with Gasteiger partial charge in [-0.05, 0) is 50.8 Å². The maximum absolute atomic E-state index is 12.8. The number of aryl methyl sites for hydroxylation is 1. The van der Waals surface area contributed by atoms with Gasteiger partial charge in [-0.1, -0.05) is 29.8 Å². The minimum Gasteiger partial charge on any atom is -0.340 e. The van der Waals surface area contributed by atoms with Gasteiger partial charge in [-0.2, -0.15) is 0 Å². The van der Waals surface area contributed by atoms with Crippen molar-refractivity contribution in [3.8, 4) is 0 Å². The molecule has 2 heterocycles. The molecule has 0 unspecified atom stereocenters. The summed E-state index contributed by atoms with van der Waals surface area (Å²) in [4.78, 5) is 20.0. The van der Waals surface area contributed by atoms with Crippen LogP contribution in [0.2, 0.25) is 0 Å². The first-order valence-corrected chi connectivity index (χ1v) is 10.0. The molecule has 136 valence electrons. The molecule has 3 aliphatic rings. The lowest BCUT2D eigenvalue weighted by atomic mass is 10.1. The summed E-state index contributed by atoms with van der Waals surface area (Å²) in [5, 5.41) is 0. The van der Waals surface area contributed by atoms with E-state index < -0.39 is 0 Å². The third-order valence-electron chi connectivity index (χ3n) is 6.19. The monoisotopic (exact) mass is 341 g/mol. The highest BCUT2D eigenvalue weighted by Gasteiger charge is 2.46. The van der Waals surface area contributed by atoms with Gasteiger partial charge in [-0.25, -0.2) is 0 Å². The van der Waals surface area contributed by atoms with Crippen LogP contribution in [0.5, 0.6) is 0 Å². The standard InChI is InChI=1S/C21H31N3O/c1-17-5-4-6-18(15-17)19-16-20(19)21(25)24-13-11-23(12-14-24)10-9-22-7-2-3-8-22/h4-6,15,19-20H,2-3,7-14,16H2,1H3/t19-,20-/m0/s1. The van der Waals surface area contributed by atoms with Crippen molar-refractivity contribution in [3.63, 3.8) is 0 Å². The molecule has 2 saturated heterocycles. The molecular weight excluding hydrogens is 310 g/mol. The predicted molar refractivity (Wildman–Crippen MR) is 101 cm³/mol. The van der Waals surface area contributed by atoms with E-state index in [9.17, 15) is 4.79 Å². The van der Waals surface area contributed by atoms with Crippen molar-refractivity contribution in [3.05, 3.63) is 35.4 Å². The van der Waals surface area contributed by atoms with E-state index in [2.05, 4.69) is 45.9 Å². The van der Waals surface area contributed by atoms with Crippen LogP contribution in [0.25, 0.3) is 0 Å². The van der Waals surface area contributed by atoms with E-state index >= 15 is 0 Å². The molecule has 2 atom stereocenters. The Labute approximate surface area is 151 Å². The van der Waals surface area contributed by atoms with Crippen LogP contribution < -0.4 is 0 Å². The zero-order valence-electron chi connectivity index (χ0n) is 15.5. The van der Waals surface area contributed by atoms with E-state index in [-0.39, 0.29) is 5.92 Å². The molecule has 0 radical (unpaired) electrons. The van der Waals surface area contributed by atoms with Crippen LogP contribution in [-0.4, -0.2) is 73.0 Å². The van der Waals surface area contributed by atoms with Gasteiger partial charge in [-0.15, -0.1) is 0 Å². The van der Waals surface area contributed by atoms with Gasteiger partial charge >= 0.3 is 0 Å². The largest absolute Gasteiger partial charge is 0.340 e. The summed E-state index contributed by atoms with van der Waals surface area (Å²) in [6.07, 6.45) is 3.77. The first-order valence-electron chi connectivity index (χ1n) is 10.0. The van der Waals surface area contributed by atoms with Crippen molar-refractivity contribution >= 4 is 5.91 Å².